The van der Waals surface area contributed by atoms with Crippen molar-refractivity contribution >= 4 is 22.3 Å². The second-order valence-electron chi connectivity index (χ2n) is 4.08. The van der Waals surface area contributed by atoms with Crippen molar-refractivity contribution in [2.24, 2.45) is 0 Å². The largest absolute Gasteiger partial charge is 0.397 e. The van der Waals surface area contributed by atoms with Crippen LogP contribution in [0.2, 0.25) is 0 Å². The fourth-order valence-corrected chi connectivity index (χ4v) is 1.86. The topological polar surface area (TPSA) is 112 Å². The third-order valence-electron chi connectivity index (χ3n) is 2.81. The maximum Gasteiger partial charge on any atom is 0.258 e. The molecule has 0 saturated heterocycles. The van der Waals surface area contributed by atoms with Gasteiger partial charge in [-0.05, 0) is 12.1 Å². The molecule has 0 saturated carbocycles. The zero-order valence-corrected chi connectivity index (χ0v) is 9.97. The van der Waals surface area contributed by atoms with Crippen LogP contribution in [-0.2, 0) is 6.54 Å². The molecule has 96 valence electrons. The highest BCUT2D eigenvalue weighted by molar-refractivity contribution is 5.88. The van der Waals surface area contributed by atoms with E-state index in [1.54, 1.807) is 24.5 Å². The van der Waals surface area contributed by atoms with Crippen LogP contribution in [0.15, 0.2) is 35.6 Å². The number of hydrogen-bond donors (Lipinski definition) is 4. The minimum absolute atomic E-state index is 0.200. The molecule has 7 nitrogen and oxygen atoms in total. The molecule has 0 atom stereocenters. The molecule has 1 aromatic carbocycles. The molecule has 3 aromatic rings. The molecule has 2 heterocycles. The van der Waals surface area contributed by atoms with Crippen LogP contribution >= 0.6 is 0 Å². The smallest absolute Gasteiger partial charge is 0.258 e. The van der Waals surface area contributed by atoms with E-state index in [9.17, 15) is 4.79 Å². The average Bonchev–Trinajstić information content (AvgIpc) is 2.91. The summed E-state index contributed by atoms with van der Waals surface area (Å²) < 4.78 is 0. The monoisotopic (exact) mass is 256 g/mol. The van der Waals surface area contributed by atoms with Crippen molar-refractivity contribution in [1.82, 2.24) is 19.9 Å². The Labute approximate surface area is 107 Å². The van der Waals surface area contributed by atoms with Gasteiger partial charge in [-0.15, -0.1) is 0 Å². The van der Waals surface area contributed by atoms with Gasteiger partial charge in [0, 0.05) is 12.4 Å². The van der Waals surface area contributed by atoms with Gasteiger partial charge in [-0.2, -0.15) is 0 Å². The predicted molar refractivity (Wildman–Crippen MR) is 72.7 cm³/mol. The highest BCUT2D eigenvalue weighted by Gasteiger charge is 2.06. The third-order valence-corrected chi connectivity index (χ3v) is 2.81. The molecule has 0 aliphatic rings. The number of aromatic nitrogens is 4. The van der Waals surface area contributed by atoms with Gasteiger partial charge in [0.25, 0.3) is 5.56 Å². The summed E-state index contributed by atoms with van der Waals surface area (Å²) in [5.74, 6) is 0.804. The van der Waals surface area contributed by atoms with Crippen molar-refractivity contribution in [2.75, 3.05) is 11.1 Å². The minimum atomic E-state index is -0.200. The lowest BCUT2D eigenvalue weighted by atomic mass is 10.2. The first-order valence-corrected chi connectivity index (χ1v) is 5.73. The number of H-pyrrole nitrogens is 2. The fourth-order valence-electron chi connectivity index (χ4n) is 1.86. The first-order chi connectivity index (χ1) is 9.24. The number of nitrogens with one attached hydrogen (secondary N) is 3. The number of rotatable bonds is 3. The molecule has 2 aromatic heterocycles. The zero-order valence-electron chi connectivity index (χ0n) is 9.97. The van der Waals surface area contributed by atoms with Gasteiger partial charge in [-0.1, -0.05) is 0 Å². The normalized spacial score (nSPS) is 10.7. The highest BCUT2D eigenvalue weighted by atomic mass is 16.1. The summed E-state index contributed by atoms with van der Waals surface area (Å²) in [7, 11) is 0. The number of nitrogen functional groups attached to an aromatic ring is 1. The van der Waals surface area contributed by atoms with Crippen LogP contribution in [0.3, 0.4) is 0 Å². The molecule has 0 aliphatic heterocycles. The van der Waals surface area contributed by atoms with E-state index in [-0.39, 0.29) is 5.56 Å². The van der Waals surface area contributed by atoms with E-state index >= 15 is 0 Å². The van der Waals surface area contributed by atoms with Crippen molar-refractivity contribution in [3.63, 3.8) is 0 Å². The summed E-state index contributed by atoms with van der Waals surface area (Å²) in [5.41, 5.74) is 7.54. The van der Waals surface area contributed by atoms with Crippen molar-refractivity contribution in [1.29, 1.82) is 0 Å². The Morgan fingerprint density at radius 3 is 2.95 bits per heavy atom. The van der Waals surface area contributed by atoms with E-state index in [1.807, 2.05) is 0 Å². The van der Waals surface area contributed by atoms with Gasteiger partial charge < -0.3 is 21.0 Å². The number of imidazole rings is 1. The van der Waals surface area contributed by atoms with Crippen LogP contribution < -0.4 is 16.6 Å². The first-order valence-electron chi connectivity index (χ1n) is 5.73. The summed E-state index contributed by atoms with van der Waals surface area (Å²) in [5, 5.41) is 3.63. The van der Waals surface area contributed by atoms with Gasteiger partial charge in [0.1, 0.15) is 5.82 Å². The first kappa shape index (κ1) is 11.3. The van der Waals surface area contributed by atoms with E-state index in [4.69, 9.17) is 5.73 Å². The summed E-state index contributed by atoms with van der Waals surface area (Å²) in [6.07, 6.45) is 4.81. The van der Waals surface area contributed by atoms with Gasteiger partial charge in [-0.3, -0.25) is 4.79 Å². The Kier molecular flexibility index (Phi) is 2.64. The standard InChI is InChI=1S/C12H12N6O/c13-8-3-7-9(17-6-18-12(7)19)4-10(8)16-5-11-14-1-2-15-11/h1-4,6,16H,5,13H2,(H,14,15)(H,17,18,19). The predicted octanol–water partition coefficient (Wildman–Crippen LogP) is 0.841. The van der Waals surface area contributed by atoms with Crippen molar-refractivity contribution < 1.29 is 0 Å². The minimum Gasteiger partial charge on any atom is -0.397 e. The second kappa shape index (κ2) is 4.45. The van der Waals surface area contributed by atoms with Gasteiger partial charge >= 0.3 is 0 Å². The molecule has 0 spiro atoms. The summed E-state index contributed by atoms with van der Waals surface area (Å²) in [6, 6.07) is 3.37. The molecular formula is C12H12N6O. The number of benzene rings is 1. The maximum absolute atomic E-state index is 11.6. The van der Waals surface area contributed by atoms with E-state index in [2.05, 4.69) is 25.3 Å². The molecule has 5 N–H and O–H groups in total. The van der Waals surface area contributed by atoms with Crippen LogP contribution in [0.25, 0.3) is 10.9 Å². The van der Waals surface area contributed by atoms with Crippen LogP contribution in [0.1, 0.15) is 5.82 Å². The summed E-state index contributed by atoms with van der Waals surface area (Å²) in [6.45, 7) is 0.520. The summed E-state index contributed by atoms with van der Waals surface area (Å²) in [4.78, 5) is 25.3. The molecule has 0 aliphatic carbocycles. The van der Waals surface area contributed by atoms with E-state index in [0.717, 1.165) is 11.5 Å². The molecule has 7 heteroatoms. The fraction of sp³-hybridized carbons (Fsp3) is 0.0833. The zero-order chi connectivity index (χ0) is 13.2. The van der Waals surface area contributed by atoms with Gasteiger partial charge in [0.15, 0.2) is 0 Å². The van der Waals surface area contributed by atoms with Crippen LogP contribution in [-0.4, -0.2) is 19.9 Å². The van der Waals surface area contributed by atoms with E-state index in [1.165, 1.54) is 6.33 Å². The van der Waals surface area contributed by atoms with Crippen LogP contribution in [0.5, 0.6) is 0 Å². The Morgan fingerprint density at radius 2 is 2.16 bits per heavy atom. The molecule has 0 radical (unpaired) electrons. The lowest BCUT2D eigenvalue weighted by molar-refractivity contribution is 1.00. The number of anilines is 2. The quantitative estimate of drug-likeness (QED) is 0.519. The maximum atomic E-state index is 11.6. The van der Waals surface area contributed by atoms with E-state index in [0.29, 0.717) is 23.1 Å². The highest BCUT2D eigenvalue weighted by Crippen LogP contribution is 2.23. The molecule has 3 rings (SSSR count). The molecule has 0 unspecified atom stereocenters. The SMILES string of the molecule is Nc1cc2c(=O)[nH]cnc2cc1NCc1ncc[nH]1. The van der Waals surface area contributed by atoms with Crippen LogP contribution in [0, 0.1) is 0 Å². The Balaban J connectivity index is 1.95. The second-order valence-corrected chi connectivity index (χ2v) is 4.08. The van der Waals surface area contributed by atoms with Crippen LogP contribution in [0.4, 0.5) is 11.4 Å². The number of nitrogens with zero attached hydrogens (tertiary/aromatic N) is 2. The van der Waals surface area contributed by atoms with Crippen molar-refractivity contribution in [3.05, 3.63) is 47.0 Å². The Bertz CT molecular complexity index is 761. The Morgan fingerprint density at radius 1 is 1.26 bits per heavy atom. The average molecular weight is 256 g/mol. The third kappa shape index (κ3) is 2.13. The number of fused-ring (bicyclic) bond motifs is 1. The van der Waals surface area contributed by atoms with Crippen molar-refractivity contribution in [3.8, 4) is 0 Å². The molecule has 0 amide bonds. The number of nitrogens with two attached hydrogens (primary N) is 1. The Hall–Kier alpha value is -2.83. The number of hydrogen-bond acceptors (Lipinski definition) is 5. The van der Waals surface area contributed by atoms with Gasteiger partial charge in [-0.25, -0.2) is 9.97 Å². The molecular weight excluding hydrogens is 244 g/mol. The van der Waals surface area contributed by atoms with Crippen molar-refractivity contribution in [2.45, 2.75) is 6.54 Å². The van der Waals surface area contributed by atoms with Gasteiger partial charge in [0.05, 0.1) is 35.1 Å². The lowest BCUT2D eigenvalue weighted by Gasteiger charge is -2.09. The van der Waals surface area contributed by atoms with Gasteiger partial charge in [0.2, 0.25) is 0 Å². The summed E-state index contributed by atoms with van der Waals surface area (Å²) >= 11 is 0. The molecule has 0 bridgehead atoms. The number of aromatic amines is 2. The molecule has 19 heavy (non-hydrogen) atoms. The lowest BCUT2D eigenvalue weighted by Crippen LogP contribution is -2.09. The van der Waals surface area contributed by atoms with E-state index < -0.39 is 0 Å². The molecule has 0 fully saturated rings.